The van der Waals surface area contributed by atoms with Gasteiger partial charge in [0.25, 0.3) is 0 Å². The van der Waals surface area contributed by atoms with Crippen LogP contribution in [0.25, 0.3) is 0 Å². The maximum absolute atomic E-state index is 12.7. The van der Waals surface area contributed by atoms with Crippen molar-refractivity contribution in [3.63, 3.8) is 0 Å². The average Bonchev–Trinajstić information content (AvgIpc) is 3.58. The molecule has 2 aliphatic carbocycles. The summed E-state index contributed by atoms with van der Waals surface area (Å²) in [6.07, 6.45) is 4.21. The molecule has 0 radical (unpaired) electrons. The Morgan fingerprint density at radius 1 is 0.846 bits per heavy atom. The molecular formula is C21H23NO4. The highest BCUT2D eigenvalue weighted by Crippen LogP contribution is 2.50. The molecule has 1 aromatic rings. The van der Waals surface area contributed by atoms with Gasteiger partial charge in [-0.05, 0) is 43.1 Å². The number of ether oxygens (including phenoxy) is 2. The molecule has 5 heteroatoms. The first kappa shape index (κ1) is 16.9. The molecule has 2 saturated carbocycles. The third-order valence-electron chi connectivity index (χ3n) is 5.34. The van der Waals surface area contributed by atoms with E-state index in [0.717, 1.165) is 42.6 Å². The van der Waals surface area contributed by atoms with Gasteiger partial charge in [0.2, 0.25) is 0 Å². The second kappa shape index (κ2) is 6.63. The molecule has 0 amide bonds. The van der Waals surface area contributed by atoms with Gasteiger partial charge in [0, 0.05) is 11.4 Å². The van der Waals surface area contributed by atoms with E-state index in [1.54, 1.807) is 0 Å². The van der Waals surface area contributed by atoms with E-state index in [-0.39, 0.29) is 11.9 Å². The van der Waals surface area contributed by atoms with Crippen molar-refractivity contribution >= 4 is 11.9 Å². The fourth-order valence-electron chi connectivity index (χ4n) is 3.78. The van der Waals surface area contributed by atoms with Crippen LogP contribution in [-0.4, -0.2) is 26.2 Å². The van der Waals surface area contributed by atoms with E-state index in [9.17, 15) is 9.59 Å². The highest BCUT2D eigenvalue weighted by Gasteiger charge is 2.46. The number of allylic oxidation sites excluding steroid dienone is 2. The van der Waals surface area contributed by atoms with Gasteiger partial charge in [-0.15, -0.1) is 0 Å². The minimum atomic E-state index is -0.455. The lowest BCUT2D eigenvalue weighted by atomic mass is 9.78. The minimum absolute atomic E-state index is 0.336. The zero-order valence-corrected chi connectivity index (χ0v) is 15.1. The quantitative estimate of drug-likeness (QED) is 0.824. The largest absolute Gasteiger partial charge is 0.466 e. The van der Waals surface area contributed by atoms with E-state index in [0.29, 0.717) is 23.0 Å². The predicted molar refractivity (Wildman–Crippen MR) is 95.9 cm³/mol. The van der Waals surface area contributed by atoms with Gasteiger partial charge in [-0.3, -0.25) is 0 Å². The van der Waals surface area contributed by atoms with Crippen molar-refractivity contribution in [1.29, 1.82) is 0 Å². The van der Waals surface area contributed by atoms with E-state index >= 15 is 0 Å². The Kier molecular flexibility index (Phi) is 4.31. The summed E-state index contributed by atoms with van der Waals surface area (Å²) < 4.78 is 10.2. The Hall–Kier alpha value is -2.56. The van der Waals surface area contributed by atoms with Gasteiger partial charge in [-0.25, -0.2) is 9.59 Å². The molecule has 136 valence electrons. The van der Waals surface area contributed by atoms with Crippen LogP contribution in [-0.2, 0) is 19.1 Å². The van der Waals surface area contributed by atoms with E-state index < -0.39 is 5.92 Å². The SMILES string of the molecule is COC(=O)C1=C(C2CC2)NC(C2CC2)=C(C(=O)OC)C1c1ccccc1. The normalized spacial score (nSPS) is 20.7. The first-order valence-electron chi connectivity index (χ1n) is 9.12. The Balaban J connectivity index is 1.93. The monoisotopic (exact) mass is 353 g/mol. The van der Waals surface area contributed by atoms with Gasteiger partial charge in [0.05, 0.1) is 31.3 Å². The zero-order valence-electron chi connectivity index (χ0n) is 15.1. The number of carbonyl (C=O) groups is 2. The van der Waals surface area contributed by atoms with Crippen LogP contribution in [0.2, 0.25) is 0 Å². The summed E-state index contributed by atoms with van der Waals surface area (Å²) in [5, 5.41) is 3.47. The van der Waals surface area contributed by atoms with Crippen LogP contribution >= 0.6 is 0 Å². The van der Waals surface area contributed by atoms with Crippen LogP contribution in [0, 0.1) is 11.8 Å². The van der Waals surface area contributed by atoms with Gasteiger partial charge in [-0.2, -0.15) is 0 Å². The number of methoxy groups -OCH3 is 2. The number of hydrogen-bond acceptors (Lipinski definition) is 5. The highest BCUT2D eigenvalue weighted by atomic mass is 16.5. The predicted octanol–water partition coefficient (Wildman–Crippen LogP) is 3.05. The highest BCUT2D eigenvalue weighted by molar-refractivity contribution is 6.00. The van der Waals surface area contributed by atoms with Gasteiger partial charge in [0.15, 0.2) is 0 Å². The number of nitrogens with one attached hydrogen (secondary N) is 1. The van der Waals surface area contributed by atoms with Crippen molar-refractivity contribution in [2.24, 2.45) is 11.8 Å². The summed E-state index contributed by atoms with van der Waals surface area (Å²) in [6, 6.07) is 9.69. The summed E-state index contributed by atoms with van der Waals surface area (Å²) >= 11 is 0. The van der Waals surface area contributed by atoms with E-state index in [4.69, 9.17) is 9.47 Å². The number of dihydropyridines is 1. The molecule has 0 aromatic heterocycles. The zero-order chi connectivity index (χ0) is 18.3. The maximum Gasteiger partial charge on any atom is 0.336 e. The molecule has 0 atom stereocenters. The first-order chi connectivity index (χ1) is 12.7. The van der Waals surface area contributed by atoms with Gasteiger partial charge in [0.1, 0.15) is 0 Å². The molecule has 5 nitrogen and oxygen atoms in total. The smallest absolute Gasteiger partial charge is 0.336 e. The number of esters is 2. The summed E-state index contributed by atoms with van der Waals surface area (Å²) in [7, 11) is 2.78. The van der Waals surface area contributed by atoms with E-state index in [1.165, 1.54) is 14.2 Å². The number of hydrogen-bond donors (Lipinski definition) is 1. The molecule has 1 N–H and O–H groups in total. The molecule has 26 heavy (non-hydrogen) atoms. The minimum Gasteiger partial charge on any atom is -0.466 e. The van der Waals surface area contributed by atoms with Crippen molar-refractivity contribution in [1.82, 2.24) is 5.32 Å². The fraction of sp³-hybridized carbons (Fsp3) is 0.429. The molecule has 0 unspecified atom stereocenters. The lowest BCUT2D eigenvalue weighted by molar-refractivity contribution is -0.137. The van der Waals surface area contributed by atoms with Crippen LogP contribution in [0.15, 0.2) is 52.9 Å². The first-order valence-corrected chi connectivity index (χ1v) is 9.12. The summed E-state index contributed by atoms with van der Waals surface area (Å²) in [4.78, 5) is 25.5. The molecule has 1 aromatic carbocycles. The standard InChI is InChI=1S/C21H23NO4/c1-25-20(23)16-15(12-6-4-3-5-7-12)17(21(24)26-2)19(14-10-11-14)22-18(16)13-8-9-13/h3-7,13-15,22H,8-11H2,1-2H3. The number of rotatable bonds is 5. The molecule has 2 fully saturated rings. The summed E-state index contributed by atoms with van der Waals surface area (Å²) in [6.45, 7) is 0. The molecular weight excluding hydrogens is 330 g/mol. The lowest BCUT2D eigenvalue weighted by Gasteiger charge is -2.32. The Morgan fingerprint density at radius 3 is 1.69 bits per heavy atom. The van der Waals surface area contributed by atoms with Crippen LogP contribution < -0.4 is 5.32 Å². The lowest BCUT2D eigenvalue weighted by Crippen LogP contribution is -2.35. The molecule has 4 rings (SSSR count). The third-order valence-corrected chi connectivity index (χ3v) is 5.34. The second-order valence-electron chi connectivity index (χ2n) is 7.16. The van der Waals surface area contributed by atoms with Gasteiger partial charge in [-0.1, -0.05) is 30.3 Å². The Morgan fingerprint density at radius 2 is 1.31 bits per heavy atom. The average molecular weight is 353 g/mol. The molecule has 1 heterocycles. The van der Waals surface area contributed by atoms with Crippen LogP contribution in [0.3, 0.4) is 0 Å². The maximum atomic E-state index is 12.7. The summed E-state index contributed by atoms with van der Waals surface area (Å²) in [5.41, 5.74) is 3.86. The fourth-order valence-corrected chi connectivity index (χ4v) is 3.78. The van der Waals surface area contributed by atoms with Crippen LogP contribution in [0.1, 0.15) is 37.2 Å². The molecule has 0 spiro atoms. The van der Waals surface area contributed by atoms with Crippen molar-refractivity contribution in [2.75, 3.05) is 14.2 Å². The second-order valence-corrected chi connectivity index (χ2v) is 7.16. The molecule has 0 saturated heterocycles. The van der Waals surface area contributed by atoms with Gasteiger partial charge >= 0.3 is 11.9 Å². The molecule has 0 bridgehead atoms. The van der Waals surface area contributed by atoms with Crippen molar-refractivity contribution in [3.05, 3.63) is 58.4 Å². The molecule has 3 aliphatic rings. The topological polar surface area (TPSA) is 64.6 Å². The Labute approximate surface area is 153 Å². The van der Waals surface area contributed by atoms with Gasteiger partial charge < -0.3 is 14.8 Å². The van der Waals surface area contributed by atoms with Crippen molar-refractivity contribution in [3.8, 4) is 0 Å². The van der Waals surface area contributed by atoms with Crippen molar-refractivity contribution in [2.45, 2.75) is 31.6 Å². The van der Waals surface area contributed by atoms with E-state index in [1.807, 2.05) is 30.3 Å². The van der Waals surface area contributed by atoms with Crippen molar-refractivity contribution < 1.29 is 19.1 Å². The number of benzene rings is 1. The molecule has 1 aliphatic heterocycles. The summed E-state index contributed by atoms with van der Waals surface area (Å²) in [5.74, 6) is -0.552. The number of carbonyl (C=O) groups excluding carboxylic acids is 2. The van der Waals surface area contributed by atoms with Crippen LogP contribution in [0.5, 0.6) is 0 Å². The van der Waals surface area contributed by atoms with Crippen LogP contribution in [0.4, 0.5) is 0 Å². The Bertz CT molecular complexity index is 753. The van der Waals surface area contributed by atoms with E-state index in [2.05, 4.69) is 5.32 Å². The third kappa shape index (κ3) is 2.91.